The second-order valence-electron chi connectivity index (χ2n) is 7.34. The maximum absolute atomic E-state index is 13.1. The Morgan fingerprint density at radius 3 is 2.61 bits per heavy atom. The van der Waals surface area contributed by atoms with Crippen LogP contribution in [-0.2, 0) is 11.3 Å². The second-order valence-corrected chi connectivity index (χ2v) is 8.12. The summed E-state index contributed by atoms with van der Waals surface area (Å²) in [5.74, 6) is 0.820. The molecular formula is C23H29Cl2N3O3. The first kappa shape index (κ1) is 23.7. The second kappa shape index (κ2) is 12.2. The minimum atomic E-state index is -0.208. The molecule has 0 radical (unpaired) electrons. The number of rotatable bonds is 9. The summed E-state index contributed by atoms with van der Waals surface area (Å²) in [6.07, 6.45) is 0.869. The first-order chi connectivity index (χ1) is 15.1. The van der Waals surface area contributed by atoms with Gasteiger partial charge < -0.3 is 19.7 Å². The highest BCUT2D eigenvalue weighted by molar-refractivity contribution is 6.43. The van der Waals surface area contributed by atoms with Crippen LogP contribution in [0.15, 0.2) is 42.5 Å². The average molecular weight is 466 g/mol. The van der Waals surface area contributed by atoms with Crippen LogP contribution < -0.4 is 10.1 Å². The van der Waals surface area contributed by atoms with Gasteiger partial charge in [0.2, 0.25) is 0 Å². The molecule has 6 nitrogen and oxygen atoms in total. The van der Waals surface area contributed by atoms with Crippen LogP contribution >= 0.6 is 23.2 Å². The molecule has 0 spiro atoms. The molecule has 3 rings (SSSR count). The van der Waals surface area contributed by atoms with E-state index < -0.39 is 0 Å². The van der Waals surface area contributed by atoms with E-state index in [1.54, 1.807) is 23.1 Å². The van der Waals surface area contributed by atoms with Crippen molar-refractivity contribution in [2.75, 3.05) is 51.3 Å². The van der Waals surface area contributed by atoms with Gasteiger partial charge in [0.05, 0.1) is 35.6 Å². The predicted octanol–water partition coefficient (Wildman–Crippen LogP) is 5.15. The number of morpholine rings is 1. The summed E-state index contributed by atoms with van der Waals surface area (Å²) in [6, 6.07) is 12.8. The number of urea groups is 1. The summed E-state index contributed by atoms with van der Waals surface area (Å²) < 4.78 is 10.9. The van der Waals surface area contributed by atoms with Crippen LogP contribution in [-0.4, -0.2) is 61.8 Å². The molecule has 2 aromatic rings. The molecule has 0 aliphatic carbocycles. The van der Waals surface area contributed by atoms with Crippen LogP contribution in [0.3, 0.4) is 0 Å². The number of hydrogen-bond donors (Lipinski definition) is 1. The summed E-state index contributed by atoms with van der Waals surface area (Å²) in [6.45, 7) is 8.01. The highest BCUT2D eigenvalue weighted by Gasteiger charge is 2.17. The molecule has 2 amide bonds. The molecule has 0 unspecified atom stereocenters. The lowest BCUT2D eigenvalue weighted by Gasteiger charge is -2.28. The van der Waals surface area contributed by atoms with Gasteiger partial charge in [0.15, 0.2) is 0 Å². The fourth-order valence-electron chi connectivity index (χ4n) is 3.44. The highest BCUT2D eigenvalue weighted by Crippen LogP contribution is 2.29. The Bertz CT molecular complexity index is 842. The molecule has 1 saturated heterocycles. The molecule has 0 bridgehead atoms. The van der Waals surface area contributed by atoms with Gasteiger partial charge in [0, 0.05) is 32.7 Å². The highest BCUT2D eigenvalue weighted by atomic mass is 35.5. The standard InChI is InChI=1S/C23H29Cl2N3O3/c1-2-31-19-9-7-18(8-10-19)17-28(12-4-11-27-13-15-30-16-14-27)23(29)26-21-6-3-5-20(24)22(21)25/h3,5-10H,2,4,11-17H2,1H3,(H,26,29). The summed E-state index contributed by atoms with van der Waals surface area (Å²) in [5, 5.41) is 3.65. The molecule has 1 fully saturated rings. The van der Waals surface area contributed by atoms with Crippen molar-refractivity contribution in [1.82, 2.24) is 9.80 Å². The molecule has 0 saturated carbocycles. The van der Waals surface area contributed by atoms with Crippen molar-refractivity contribution < 1.29 is 14.3 Å². The normalized spacial score (nSPS) is 14.3. The van der Waals surface area contributed by atoms with E-state index in [4.69, 9.17) is 32.7 Å². The van der Waals surface area contributed by atoms with Crippen LogP contribution in [0, 0.1) is 0 Å². The smallest absolute Gasteiger partial charge is 0.322 e. The van der Waals surface area contributed by atoms with Crippen LogP contribution in [0.5, 0.6) is 5.75 Å². The zero-order chi connectivity index (χ0) is 22.1. The molecule has 1 N–H and O–H groups in total. The first-order valence-electron chi connectivity index (χ1n) is 10.6. The van der Waals surface area contributed by atoms with E-state index in [1.165, 1.54) is 0 Å². The van der Waals surface area contributed by atoms with E-state index in [0.717, 1.165) is 50.6 Å². The first-order valence-corrected chi connectivity index (χ1v) is 11.3. The topological polar surface area (TPSA) is 54.0 Å². The Labute approximate surface area is 194 Å². The minimum Gasteiger partial charge on any atom is -0.494 e. The van der Waals surface area contributed by atoms with Crippen LogP contribution in [0.1, 0.15) is 18.9 Å². The van der Waals surface area contributed by atoms with Gasteiger partial charge in [-0.25, -0.2) is 4.79 Å². The Balaban J connectivity index is 1.66. The van der Waals surface area contributed by atoms with Crippen molar-refractivity contribution in [3.05, 3.63) is 58.1 Å². The maximum Gasteiger partial charge on any atom is 0.322 e. The molecule has 1 aliphatic rings. The third-order valence-corrected chi connectivity index (χ3v) is 5.91. The zero-order valence-corrected chi connectivity index (χ0v) is 19.3. The molecule has 168 valence electrons. The van der Waals surface area contributed by atoms with Crippen molar-refractivity contribution in [2.45, 2.75) is 19.9 Å². The summed E-state index contributed by atoms with van der Waals surface area (Å²) >= 11 is 12.3. The van der Waals surface area contributed by atoms with Crippen molar-refractivity contribution >= 4 is 34.9 Å². The van der Waals surface area contributed by atoms with Crippen molar-refractivity contribution in [2.24, 2.45) is 0 Å². The molecule has 0 atom stereocenters. The average Bonchev–Trinajstić information content (AvgIpc) is 2.78. The van der Waals surface area contributed by atoms with E-state index in [1.807, 2.05) is 31.2 Å². The molecule has 8 heteroatoms. The number of hydrogen-bond acceptors (Lipinski definition) is 4. The number of carbonyl (C=O) groups excluding carboxylic acids is 1. The summed E-state index contributed by atoms with van der Waals surface area (Å²) in [5.41, 5.74) is 1.53. The lowest BCUT2D eigenvalue weighted by Crippen LogP contribution is -2.40. The molecule has 1 heterocycles. The number of nitrogens with one attached hydrogen (secondary N) is 1. The molecule has 31 heavy (non-hydrogen) atoms. The quantitative estimate of drug-likeness (QED) is 0.556. The molecule has 2 aromatic carbocycles. The Kier molecular flexibility index (Phi) is 9.28. The number of benzene rings is 2. The number of ether oxygens (including phenoxy) is 2. The Hall–Kier alpha value is -1.99. The van der Waals surface area contributed by atoms with E-state index in [0.29, 0.717) is 35.4 Å². The maximum atomic E-state index is 13.1. The van der Waals surface area contributed by atoms with Crippen molar-refractivity contribution in [3.8, 4) is 5.75 Å². The SMILES string of the molecule is CCOc1ccc(CN(CCCN2CCOCC2)C(=O)Nc2cccc(Cl)c2Cl)cc1. The number of carbonyl (C=O) groups is 1. The third-order valence-electron chi connectivity index (χ3n) is 5.09. The van der Waals surface area contributed by atoms with Crippen LogP contribution in [0.2, 0.25) is 10.0 Å². The van der Waals surface area contributed by atoms with E-state index in [9.17, 15) is 4.79 Å². The zero-order valence-electron chi connectivity index (χ0n) is 17.8. The van der Waals surface area contributed by atoms with E-state index >= 15 is 0 Å². The van der Waals surface area contributed by atoms with Crippen molar-refractivity contribution in [1.29, 1.82) is 0 Å². The monoisotopic (exact) mass is 465 g/mol. The van der Waals surface area contributed by atoms with Gasteiger partial charge in [0.25, 0.3) is 0 Å². The Morgan fingerprint density at radius 2 is 1.90 bits per heavy atom. The largest absolute Gasteiger partial charge is 0.494 e. The predicted molar refractivity (Wildman–Crippen MR) is 125 cm³/mol. The number of halogens is 2. The van der Waals surface area contributed by atoms with Gasteiger partial charge in [0.1, 0.15) is 5.75 Å². The lowest BCUT2D eigenvalue weighted by molar-refractivity contribution is 0.0365. The minimum absolute atomic E-state index is 0.208. The molecule has 1 aliphatic heterocycles. The van der Waals surface area contributed by atoms with Gasteiger partial charge in [-0.1, -0.05) is 41.4 Å². The van der Waals surface area contributed by atoms with Crippen LogP contribution in [0.4, 0.5) is 10.5 Å². The fourth-order valence-corrected chi connectivity index (χ4v) is 3.78. The Morgan fingerprint density at radius 1 is 1.16 bits per heavy atom. The summed E-state index contributed by atoms with van der Waals surface area (Å²) in [7, 11) is 0. The van der Waals surface area contributed by atoms with Gasteiger partial charge in [-0.05, 0) is 43.2 Å². The fraction of sp³-hybridized carbons (Fsp3) is 0.435. The van der Waals surface area contributed by atoms with Gasteiger partial charge >= 0.3 is 6.03 Å². The van der Waals surface area contributed by atoms with Gasteiger partial charge in [-0.3, -0.25) is 4.90 Å². The number of amides is 2. The van der Waals surface area contributed by atoms with E-state index in [2.05, 4.69) is 10.2 Å². The summed E-state index contributed by atoms with van der Waals surface area (Å²) in [4.78, 5) is 17.3. The number of nitrogens with zero attached hydrogens (tertiary/aromatic N) is 2. The molecular weight excluding hydrogens is 437 g/mol. The van der Waals surface area contributed by atoms with E-state index in [-0.39, 0.29) is 6.03 Å². The van der Waals surface area contributed by atoms with Gasteiger partial charge in [-0.2, -0.15) is 0 Å². The third kappa shape index (κ3) is 7.28. The van der Waals surface area contributed by atoms with Crippen LogP contribution in [0.25, 0.3) is 0 Å². The lowest BCUT2D eigenvalue weighted by atomic mass is 10.2. The number of anilines is 1. The molecule has 0 aromatic heterocycles. The van der Waals surface area contributed by atoms with Gasteiger partial charge in [-0.15, -0.1) is 0 Å². The van der Waals surface area contributed by atoms with Crippen molar-refractivity contribution in [3.63, 3.8) is 0 Å².